The van der Waals surface area contributed by atoms with Crippen molar-refractivity contribution in [2.45, 2.75) is 64.2 Å². The summed E-state index contributed by atoms with van der Waals surface area (Å²) in [6, 6.07) is 0. The van der Waals surface area contributed by atoms with Crippen LogP contribution in [0.25, 0.3) is 0 Å². The summed E-state index contributed by atoms with van der Waals surface area (Å²) in [7, 11) is 0. The van der Waals surface area contributed by atoms with Gasteiger partial charge in [0.2, 0.25) is 0 Å². The second-order valence-electron chi connectivity index (χ2n) is 7.48. The number of guanidine groups is 3. The number of aliphatic imine (C=N–C) groups is 1. The van der Waals surface area contributed by atoms with Crippen LogP contribution < -0.4 is 22.5 Å². The first-order valence-electron chi connectivity index (χ1n) is 10.7. The third kappa shape index (κ3) is 11.5. The zero-order chi connectivity index (χ0) is 20.6. The smallest absolute Gasteiger partial charge is 0.193 e. The van der Waals surface area contributed by atoms with E-state index in [0.717, 1.165) is 77.8 Å². The largest absolute Gasteiger partial charge is 0.370 e. The molecule has 162 valence electrons. The van der Waals surface area contributed by atoms with Crippen molar-refractivity contribution in [3.05, 3.63) is 0 Å². The second-order valence-corrected chi connectivity index (χ2v) is 7.48. The molecule has 0 amide bonds. The van der Waals surface area contributed by atoms with E-state index in [1.807, 2.05) is 0 Å². The first-order valence-corrected chi connectivity index (χ1v) is 10.7. The molecule has 0 saturated carbocycles. The van der Waals surface area contributed by atoms with Crippen LogP contribution in [0.2, 0.25) is 0 Å². The lowest BCUT2D eigenvalue weighted by molar-refractivity contribution is 0.428. The lowest BCUT2D eigenvalue weighted by Crippen LogP contribution is -2.33. The van der Waals surface area contributed by atoms with Crippen molar-refractivity contribution < 1.29 is 0 Å². The van der Waals surface area contributed by atoms with Crippen LogP contribution in [0.4, 0.5) is 0 Å². The van der Waals surface area contributed by atoms with Crippen molar-refractivity contribution in [3.63, 3.8) is 0 Å². The van der Waals surface area contributed by atoms with Crippen molar-refractivity contribution in [3.8, 4) is 0 Å². The van der Waals surface area contributed by atoms with Gasteiger partial charge in [0.15, 0.2) is 17.9 Å². The molecule has 1 rings (SSSR count). The molecule has 1 aliphatic rings. The van der Waals surface area contributed by atoms with E-state index in [1.165, 1.54) is 25.7 Å². The van der Waals surface area contributed by atoms with Crippen LogP contribution in [0, 0.1) is 10.8 Å². The molecule has 9 N–H and O–H groups in total. The molecule has 1 fully saturated rings. The van der Waals surface area contributed by atoms with Crippen molar-refractivity contribution in [1.82, 2.24) is 15.1 Å². The van der Waals surface area contributed by atoms with Crippen LogP contribution in [-0.4, -0.2) is 66.9 Å². The minimum atomic E-state index is 0.0555. The highest BCUT2D eigenvalue weighted by molar-refractivity contribution is 5.78. The van der Waals surface area contributed by atoms with Crippen molar-refractivity contribution in [2.24, 2.45) is 22.2 Å². The van der Waals surface area contributed by atoms with Crippen LogP contribution in [0.3, 0.4) is 0 Å². The lowest BCUT2D eigenvalue weighted by atomic mass is 10.1. The van der Waals surface area contributed by atoms with E-state index in [2.05, 4.69) is 20.1 Å². The number of nitrogens with one attached hydrogen (secondary N) is 3. The van der Waals surface area contributed by atoms with Crippen molar-refractivity contribution in [2.75, 3.05) is 39.3 Å². The topological polar surface area (TPSA) is 157 Å². The predicted molar refractivity (Wildman–Crippen MR) is 118 cm³/mol. The summed E-state index contributed by atoms with van der Waals surface area (Å²) in [5.41, 5.74) is 15.9. The summed E-state index contributed by atoms with van der Waals surface area (Å²) in [5, 5.41) is 18.3. The molecule has 9 heteroatoms. The molecule has 0 unspecified atom stereocenters. The molecule has 1 aliphatic heterocycles. The highest BCUT2D eigenvalue weighted by atomic mass is 15.4. The number of unbranched alkanes of at least 4 members (excludes halogenated alkanes) is 8. The molecule has 0 aliphatic carbocycles. The first kappa shape index (κ1) is 23.8. The van der Waals surface area contributed by atoms with E-state index in [1.54, 1.807) is 0 Å². The molecule has 28 heavy (non-hydrogen) atoms. The van der Waals surface area contributed by atoms with Gasteiger partial charge in [0.25, 0.3) is 0 Å². The molecule has 0 atom stereocenters. The van der Waals surface area contributed by atoms with E-state index in [-0.39, 0.29) is 11.9 Å². The van der Waals surface area contributed by atoms with Crippen LogP contribution in [0.5, 0.6) is 0 Å². The average molecular weight is 396 g/mol. The van der Waals surface area contributed by atoms with Crippen molar-refractivity contribution >= 4 is 17.9 Å². The zero-order valence-corrected chi connectivity index (χ0v) is 17.4. The molecule has 0 aromatic carbocycles. The Kier molecular flexibility index (Phi) is 12.6. The number of rotatable bonds is 16. The molecule has 1 heterocycles. The molecule has 9 nitrogen and oxygen atoms in total. The Morgan fingerprint density at radius 1 is 0.821 bits per heavy atom. The fourth-order valence-corrected chi connectivity index (χ4v) is 3.42. The van der Waals surface area contributed by atoms with Gasteiger partial charge in [0, 0.05) is 39.3 Å². The highest BCUT2D eigenvalue weighted by Crippen LogP contribution is 2.12. The SMILES string of the molecule is N=C(N)NCCCCCCCN1CCN(CCCCCCCN=C(N)N)C1=N. The van der Waals surface area contributed by atoms with E-state index >= 15 is 0 Å². The predicted octanol–water partition coefficient (Wildman–Crippen LogP) is 1.20. The number of nitrogens with zero attached hydrogens (tertiary/aromatic N) is 3. The standard InChI is InChI=1S/C19H41N9/c20-17(21)25-11-7-3-1-5-9-13-27-15-16-28(19(27)24)14-10-6-2-4-8-12-26-18(22)23/h24H,1-16H2,(H4,20,21,25)(H4,22,23,26). The van der Waals surface area contributed by atoms with Gasteiger partial charge in [-0.3, -0.25) is 15.8 Å². The quantitative estimate of drug-likeness (QED) is 0.131. The summed E-state index contributed by atoms with van der Waals surface area (Å²) < 4.78 is 0. The average Bonchev–Trinajstić information content (AvgIpc) is 2.99. The minimum absolute atomic E-state index is 0.0555. The van der Waals surface area contributed by atoms with Crippen LogP contribution >= 0.6 is 0 Å². The third-order valence-electron chi connectivity index (χ3n) is 5.04. The zero-order valence-electron chi connectivity index (χ0n) is 17.4. The number of nitrogens with two attached hydrogens (primary N) is 3. The Balaban J connectivity index is 1.97. The van der Waals surface area contributed by atoms with E-state index in [0.29, 0.717) is 5.96 Å². The first-order chi connectivity index (χ1) is 13.5. The lowest BCUT2D eigenvalue weighted by Gasteiger charge is -2.21. The van der Waals surface area contributed by atoms with E-state index < -0.39 is 0 Å². The Hall–Kier alpha value is -2.19. The molecular weight excluding hydrogens is 354 g/mol. The molecule has 0 spiro atoms. The van der Waals surface area contributed by atoms with Gasteiger partial charge in [0.1, 0.15) is 0 Å². The molecule has 1 saturated heterocycles. The van der Waals surface area contributed by atoms with Crippen molar-refractivity contribution in [1.29, 1.82) is 10.8 Å². The molecule has 0 aromatic rings. The second kappa shape index (κ2) is 14.8. The molecule has 0 radical (unpaired) electrons. The number of hydrogen-bond acceptors (Lipinski definition) is 3. The third-order valence-corrected chi connectivity index (χ3v) is 5.04. The Morgan fingerprint density at radius 3 is 1.86 bits per heavy atom. The van der Waals surface area contributed by atoms with Gasteiger partial charge in [-0.2, -0.15) is 0 Å². The molecular formula is C19H41N9. The maximum atomic E-state index is 8.36. The fraction of sp³-hybridized carbons (Fsp3) is 0.842. The Labute approximate surface area is 170 Å². The molecule has 0 bridgehead atoms. The van der Waals surface area contributed by atoms with Gasteiger partial charge in [-0.15, -0.1) is 0 Å². The van der Waals surface area contributed by atoms with E-state index in [9.17, 15) is 0 Å². The summed E-state index contributed by atoms with van der Waals surface area (Å²) in [6.07, 6.45) is 11.5. The monoisotopic (exact) mass is 395 g/mol. The minimum Gasteiger partial charge on any atom is -0.370 e. The van der Waals surface area contributed by atoms with E-state index in [4.69, 9.17) is 28.0 Å². The Morgan fingerprint density at radius 2 is 1.32 bits per heavy atom. The maximum Gasteiger partial charge on any atom is 0.193 e. The maximum absolute atomic E-state index is 8.36. The fourth-order valence-electron chi connectivity index (χ4n) is 3.42. The van der Waals surface area contributed by atoms with Gasteiger partial charge < -0.3 is 32.3 Å². The van der Waals surface area contributed by atoms with Gasteiger partial charge in [-0.1, -0.05) is 38.5 Å². The van der Waals surface area contributed by atoms with Gasteiger partial charge >= 0.3 is 0 Å². The normalized spacial score (nSPS) is 13.8. The summed E-state index contributed by atoms with van der Waals surface area (Å²) in [4.78, 5) is 8.42. The van der Waals surface area contributed by atoms with Gasteiger partial charge in [-0.25, -0.2) is 0 Å². The number of hydrogen-bond donors (Lipinski definition) is 6. The van der Waals surface area contributed by atoms with Gasteiger partial charge in [-0.05, 0) is 25.7 Å². The summed E-state index contributed by atoms with van der Waals surface area (Å²) in [5.74, 6) is 0.942. The van der Waals surface area contributed by atoms with Gasteiger partial charge in [0.05, 0.1) is 0 Å². The van der Waals surface area contributed by atoms with Crippen LogP contribution in [-0.2, 0) is 0 Å². The molecule has 0 aromatic heterocycles. The van der Waals surface area contributed by atoms with Crippen LogP contribution in [0.15, 0.2) is 4.99 Å². The summed E-state index contributed by atoms with van der Waals surface area (Å²) >= 11 is 0. The summed E-state index contributed by atoms with van der Waals surface area (Å²) in [6.45, 7) is 5.47. The van der Waals surface area contributed by atoms with Crippen LogP contribution in [0.1, 0.15) is 64.2 Å². The highest BCUT2D eigenvalue weighted by Gasteiger charge is 2.23. The Bertz CT molecular complexity index is 474.